The van der Waals surface area contributed by atoms with Crippen LogP contribution >= 0.6 is 0 Å². The molecule has 0 heterocycles. The summed E-state index contributed by atoms with van der Waals surface area (Å²) in [6.45, 7) is 1.89. The van der Waals surface area contributed by atoms with Gasteiger partial charge in [-0.3, -0.25) is 4.79 Å². The van der Waals surface area contributed by atoms with Gasteiger partial charge in [0.2, 0.25) is 5.91 Å². The van der Waals surface area contributed by atoms with E-state index in [0.717, 1.165) is 12.5 Å². The molecule has 0 bridgehead atoms. The summed E-state index contributed by atoms with van der Waals surface area (Å²) in [6.07, 6.45) is 3.00. The number of nitriles is 1. The normalized spacial score (nSPS) is 14.9. The third-order valence-corrected chi connectivity index (χ3v) is 2.39. The number of likely N-dealkylation sites (N-methyl/N-ethyl adjacent to an activating group) is 1. The molecule has 1 N–H and O–H groups in total. The molecule has 0 atom stereocenters. The van der Waals surface area contributed by atoms with E-state index >= 15 is 0 Å². The van der Waals surface area contributed by atoms with Crippen molar-refractivity contribution >= 4 is 5.91 Å². The van der Waals surface area contributed by atoms with Gasteiger partial charge in [-0.2, -0.15) is 5.26 Å². The molecule has 1 amide bonds. The number of nitrogens with zero attached hydrogens (tertiary/aromatic N) is 2. The van der Waals surface area contributed by atoms with Crippen LogP contribution in [0.15, 0.2) is 0 Å². The molecule has 78 valence electrons. The average molecular weight is 195 g/mol. The minimum Gasteiger partial charge on any atom is -0.344 e. The maximum atomic E-state index is 11.4. The van der Waals surface area contributed by atoms with Crippen LogP contribution in [0.25, 0.3) is 0 Å². The van der Waals surface area contributed by atoms with Crippen molar-refractivity contribution in [2.75, 3.05) is 26.7 Å². The molecule has 0 radical (unpaired) electrons. The summed E-state index contributed by atoms with van der Waals surface area (Å²) in [5.74, 6) is 0.869. The van der Waals surface area contributed by atoms with E-state index in [0.29, 0.717) is 19.5 Å². The van der Waals surface area contributed by atoms with Gasteiger partial charge in [-0.05, 0) is 25.3 Å². The van der Waals surface area contributed by atoms with E-state index < -0.39 is 0 Å². The Morgan fingerprint density at radius 2 is 2.36 bits per heavy atom. The van der Waals surface area contributed by atoms with Crippen molar-refractivity contribution in [1.82, 2.24) is 10.2 Å². The lowest BCUT2D eigenvalue weighted by Gasteiger charge is -2.15. The fourth-order valence-electron chi connectivity index (χ4n) is 1.18. The van der Waals surface area contributed by atoms with Crippen LogP contribution in [-0.4, -0.2) is 37.5 Å². The number of rotatable bonds is 6. The molecule has 4 nitrogen and oxygen atoms in total. The molecule has 0 aromatic carbocycles. The van der Waals surface area contributed by atoms with Crippen LogP contribution in [0, 0.1) is 17.2 Å². The molecular formula is C10H17N3O. The monoisotopic (exact) mass is 195 g/mol. The first-order valence-electron chi connectivity index (χ1n) is 5.05. The minimum atomic E-state index is 0.0703. The van der Waals surface area contributed by atoms with Gasteiger partial charge in [0.25, 0.3) is 0 Å². The summed E-state index contributed by atoms with van der Waals surface area (Å²) in [5.41, 5.74) is 0. The van der Waals surface area contributed by atoms with Gasteiger partial charge < -0.3 is 10.2 Å². The summed E-state index contributed by atoms with van der Waals surface area (Å²) in [5, 5.41) is 11.5. The Kier molecular flexibility index (Phi) is 4.41. The second-order valence-corrected chi connectivity index (χ2v) is 3.80. The van der Waals surface area contributed by atoms with Crippen LogP contribution in [-0.2, 0) is 4.79 Å². The molecular weight excluding hydrogens is 178 g/mol. The third-order valence-electron chi connectivity index (χ3n) is 2.39. The van der Waals surface area contributed by atoms with Crippen LogP contribution in [0.2, 0.25) is 0 Å². The molecule has 0 aromatic rings. The van der Waals surface area contributed by atoms with Gasteiger partial charge in [-0.15, -0.1) is 0 Å². The third kappa shape index (κ3) is 4.24. The SMILES string of the molecule is CN(CCC#N)C(=O)CNCC1CC1. The van der Waals surface area contributed by atoms with Gasteiger partial charge in [0, 0.05) is 13.6 Å². The van der Waals surface area contributed by atoms with Gasteiger partial charge >= 0.3 is 0 Å². The summed E-state index contributed by atoms with van der Waals surface area (Å²) in [4.78, 5) is 13.0. The van der Waals surface area contributed by atoms with E-state index in [1.807, 2.05) is 6.07 Å². The lowest BCUT2D eigenvalue weighted by Crippen LogP contribution is -2.36. The van der Waals surface area contributed by atoms with Crippen molar-refractivity contribution in [1.29, 1.82) is 5.26 Å². The van der Waals surface area contributed by atoms with Crippen LogP contribution < -0.4 is 5.32 Å². The highest BCUT2D eigenvalue weighted by molar-refractivity contribution is 5.77. The van der Waals surface area contributed by atoms with E-state index in [2.05, 4.69) is 5.32 Å². The van der Waals surface area contributed by atoms with Gasteiger partial charge in [0.15, 0.2) is 0 Å². The minimum absolute atomic E-state index is 0.0703. The highest BCUT2D eigenvalue weighted by atomic mass is 16.2. The standard InChI is InChI=1S/C10H17N3O/c1-13(6-2-5-11)10(14)8-12-7-9-3-4-9/h9,12H,2-4,6-8H2,1H3. The Hall–Kier alpha value is -1.08. The zero-order valence-electron chi connectivity index (χ0n) is 8.62. The molecule has 4 heteroatoms. The van der Waals surface area contributed by atoms with Crippen molar-refractivity contribution in [3.8, 4) is 6.07 Å². The van der Waals surface area contributed by atoms with Crippen molar-refractivity contribution in [3.63, 3.8) is 0 Å². The van der Waals surface area contributed by atoms with Gasteiger partial charge in [0.1, 0.15) is 0 Å². The summed E-state index contributed by atoms with van der Waals surface area (Å²) >= 11 is 0. The number of hydrogen-bond acceptors (Lipinski definition) is 3. The van der Waals surface area contributed by atoms with Gasteiger partial charge in [0.05, 0.1) is 19.0 Å². The molecule has 1 aliphatic rings. The number of carbonyl (C=O) groups excluding carboxylic acids is 1. The Morgan fingerprint density at radius 1 is 1.64 bits per heavy atom. The predicted molar refractivity (Wildman–Crippen MR) is 53.5 cm³/mol. The van der Waals surface area contributed by atoms with Crippen molar-refractivity contribution in [2.45, 2.75) is 19.3 Å². The van der Waals surface area contributed by atoms with Crippen LogP contribution in [0.4, 0.5) is 0 Å². The molecule has 0 saturated heterocycles. The highest BCUT2D eigenvalue weighted by Gasteiger charge is 2.20. The molecule has 0 aromatic heterocycles. The van der Waals surface area contributed by atoms with Crippen molar-refractivity contribution < 1.29 is 4.79 Å². The summed E-state index contributed by atoms with van der Waals surface area (Å²) in [7, 11) is 1.73. The molecule has 1 saturated carbocycles. The molecule has 0 unspecified atom stereocenters. The first-order chi connectivity index (χ1) is 6.74. The van der Waals surface area contributed by atoms with E-state index in [1.165, 1.54) is 12.8 Å². The van der Waals surface area contributed by atoms with Crippen LogP contribution in [0.5, 0.6) is 0 Å². The van der Waals surface area contributed by atoms with Crippen molar-refractivity contribution in [2.24, 2.45) is 5.92 Å². The number of carbonyl (C=O) groups is 1. The fraction of sp³-hybridized carbons (Fsp3) is 0.800. The first-order valence-corrected chi connectivity index (χ1v) is 5.05. The van der Waals surface area contributed by atoms with E-state index in [1.54, 1.807) is 11.9 Å². The quantitative estimate of drug-likeness (QED) is 0.665. The van der Waals surface area contributed by atoms with E-state index in [9.17, 15) is 4.79 Å². The molecule has 1 rings (SSSR count). The van der Waals surface area contributed by atoms with E-state index in [4.69, 9.17) is 5.26 Å². The second-order valence-electron chi connectivity index (χ2n) is 3.80. The molecule has 14 heavy (non-hydrogen) atoms. The van der Waals surface area contributed by atoms with Crippen LogP contribution in [0.1, 0.15) is 19.3 Å². The molecule has 1 fully saturated rings. The molecule has 1 aliphatic carbocycles. The Labute approximate surface area is 84.9 Å². The Bertz CT molecular complexity index is 230. The molecule has 0 spiro atoms. The van der Waals surface area contributed by atoms with Crippen molar-refractivity contribution in [3.05, 3.63) is 0 Å². The molecule has 0 aliphatic heterocycles. The van der Waals surface area contributed by atoms with Gasteiger partial charge in [-0.25, -0.2) is 0 Å². The fourth-order valence-corrected chi connectivity index (χ4v) is 1.18. The summed E-state index contributed by atoms with van der Waals surface area (Å²) in [6, 6.07) is 2.02. The average Bonchev–Trinajstić information content (AvgIpc) is 2.97. The lowest BCUT2D eigenvalue weighted by molar-refractivity contribution is -0.128. The smallest absolute Gasteiger partial charge is 0.236 e. The predicted octanol–water partition coefficient (Wildman–Crippen LogP) is 0.358. The van der Waals surface area contributed by atoms with E-state index in [-0.39, 0.29) is 5.91 Å². The lowest BCUT2D eigenvalue weighted by atomic mass is 10.4. The maximum absolute atomic E-state index is 11.4. The maximum Gasteiger partial charge on any atom is 0.236 e. The second kappa shape index (κ2) is 5.61. The van der Waals surface area contributed by atoms with Crippen LogP contribution in [0.3, 0.4) is 0 Å². The Balaban J connectivity index is 2.03. The zero-order chi connectivity index (χ0) is 10.4. The highest BCUT2D eigenvalue weighted by Crippen LogP contribution is 2.27. The van der Waals surface area contributed by atoms with Gasteiger partial charge in [-0.1, -0.05) is 0 Å². The number of nitrogens with one attached hydrogen (secondary N) is 1. The summed E-state index contributed by atoms with van der Waals surface area (Å²) < 4.78 is 0. The topological polar surface area (TPSA) is 56.1 Å². The first kappa shape index (κ1) is 11.0. The zero-order valence-corrected chi connectivity index (χ0v) is 8.62. The largest absolute Gasteiger partial charge is 0.344 e. The number of amides is 1. The Morgan fingerprint density at radius 3 is 2.93 bits per heavy atom. The number of hydrogen-bond donors (Lipinski definition) is 1.